The molecule has 0 aromatic rings. The van der Waals surface area contributed by atoms with Gasteiger partial charge in [-0.1, -0.05) is 34.1 Å². The Morgan fingerprint density at radius 2 is 1.82 bits per heavy atom. The summed E-state index contributed by atoms with van der Waals surface area (Å²) < 4.78 is 0. The maximum absolute atomic E-state index is 10.5. The lowest BCUT2D eigenvalue weighted by Gasteiger charge is -2.37. The van der Waals surface area contributed by atoms with Crippen LogP contribution in [0.5, 0.6) is 0 Å². The maximum atomic E-state index is 10.5. The molecule has 1 saturated carbocycles. The van der Waals surface area contributed by atoms with Crippen molar-refractivity contribution in [3.63, 3.8) is 0 Å². The molecule has 0 aromatic heterocycles. The molecular formula is C15H31NO. The summed E-state index contributed by atoms with van der Waals surface area (Å²) in [7, 11) is 0. The number of nitrogens with one attached hydrogen (secondary N) is 1. The molecule has 0 amide bonds. The van der Waals surface area contributed by atoms with Gasteiger partial charge in [-0.3, -0.25) is 0 Å². The Kier molecular flexibility index (Phi) is 5.46. The lowest BCUT2D eigenvalue weighted by molar-refractivity contribution is -0.0143. The van der Waals surface area contributed by atoms with E-state index in [1.54, 1.807) is 0 Å². The van der Waals surface area contributed by atoms with Crippen molar-refractivity contribution in [3.05, 3.63) is 0 Å². The Labute approximate surface area is 107 Å². The van der Waals surface area contributed by atoms with Gasteiger partial charge in [-0.25, -0.2) is 0 Å². The van der Waals surface area contributed by atoms with Crippen LogP contribution >= 0.6 is 0 Å². The minimum atomic E-state index is -0.364. The Hall–Kier alpha value is -0.0800. The SMILES string of the molecule is CCNC1CCC(O)(CCCC(C)(C)C)CC1. The van der Waals surface area contributed by atoms with E-state index in [0.717, 1.165) is 45.1 Å². The van der Waals surface area contributed by atoms with E-state index < -0.39 is 0 Å². The summed E-state index contributed by atoms with van der Waals surface area (Å²) in [6.45, 7) is 10.0. The van der Waals surface area contributed by atoms with Crippen LogP contribution in [0.3, 0.4) is 0 Å². The predicted octanol–water partition coefficient (Wildman–Crippen LogP) is 3.49. The molecule has 0 radical (unpaired) electrons. The van der Waals surface area contributed by atoms with Crippen LogP contribution in [0, 0.1) is 5.41 Å². The molecule has 0 spiro atoms. The van der Waals surface area contributed by atoms with Gasteiger partial charge in [0.25, 0.3) is 0 Å². The van der Waals surface area contributed by atoms with Crippen LogP contribution in [0.4, 0.5) is 0 Å². The van der Waals surface area contributed by atoms with Gasteiger partial charge in [0.1, 0.15) is 0 Å². The van der Waals surface area contributed by atoms with Gasteiger partial charge in [0.15, 0.2) is 0 Å². The van der Waals surface area contributed by atoms with E-state index in [2.05, 4.69) is 33.0 Å². The van der Waals surface area contributed by atoms with Gasteiger partial charge in [0, 0.05) is 6.04 Å². The van der Waals surface area contributed by atoms with Gasteiger partial charge >= 0.3 is 0 Å². The van der Waals surface area contributed by atoms with Gasteiger partial charge in [0.05, 0.1) is 5.60 Å². The zero-order chi connectivity index (χ0) is 12.9. The van der Waals surface area contributed by atoms with Crippen molar-refractivity contribution >= 4 is 0 Å². The number of aliphatic hydroxyl groups is 1. The summed E-state index contributed by atoms with van der Waals surface area (Å²) >= 11 is 0. The minimum absolute atomic E-state index is 0.364. The second-order valence-corrected chi connectivity index (χ2v) is 6.97. The molecule has 2 N–H and O–H groups in total. The zero-order valence-electron chi connectivity index (χ0n) is 12.2. The number of rotatable bonds is 5. The van der Waals surface area contributed by atoms with Crippen molar-refractivity contribution in [1.82, 2.24) is 5.32 Å². The van der Waals surface area contributed by atoms with Gasteiger partial charge in [-0.2, -0.15) is 0 Å². The lowest BCUT2D eigenvalue weighted by atomic mass is 9.77. The van der Waals surface area contributed by atoms with E-state index in [1.165, 1.54) is 6.42 Å². The van der Waals surface area contributed by atoms with Crippen LogP contribution in [0.15, 0.2) is 0 Å². The molecule has 1 fully saturated rings. The third kappa shape index (κ3) is 5.87. The fourth-order valence-electron chi connectivity index (χ4n) is 2.85. The van der Waals surface area contributed by atoms with E-state index in [4.69, 9.17) is 0 Å². The summed E-state index contributed by atoms with van der Waals surface area (Å²) in [4.78, 5) is 0. The van der Waals surface area contributed by atoms with Gasteiger partial charge in [-0.15, -0.1) is 0 Å². The monoisotopic (exact) mass is 241 g/mol. The molecule has 17 heavy (non-hydrogen) atoms. The highest BCUT2D eigenvalue weighted by molar-refractivity contribution is 4.88. The normalized spacial score (nSPS) is 30.5. The van der Waals surface area contributed by atoms with E-state index >= 15 is 0 Å². The Bertz CT molecular complexity index is 211. The van der Waals surface area contributed by atoms with Crippen LogP contribution < -0.4 is 5.32 Å². The third-order valence-electron chi connectivity index (χ3n) is 3.98. The quantitative estimate of drug-likeness (QED) is 0.772. The largest absolute Gasteiger partial charge is 0.390 e. The molecule has 0 bridgehead atoms. The summed E-state index contributed by atoms with van der Waals surface area (Å²) in [5.74, 6) is 0. The van der Waals surface area contributed by atoms with Crippen molar-refractivity contribution in [1.29, 1.82) is 0 Å². The standard InChI is InChI=1S/C15H31NO/c1-5-16-13-7-11-15(17,12-8-13)10-6-9-14(2,3)4/h13,16-17H,5-12H2,1-4H3. The molecule has 2 nitrogen and oxygen atoms in total. The highest BCUT2D eigenvalue weighted by Crippen LogP contribution is 2.34. The molecule has 1 rings (SSSR count). The van der Waals surface area contributed by atoms with Crippen LogP contribution in [0.1, 0.15) is 72.6 Å². The summed E-state index contributed by atoms with van der Waals surface area (Å²) in [5.41, 5.74) is 0.0362. The molecule has 1 aliphatic carbocycles. The smallest absolute Gasteiger partial charge is 0.0649 e. The first-order valence-electron chi connectivity index (χ1n) is 7.30. The van der Waals surface area contributed by atoms with Crippen molar-refractivity contribution in [3.8, 4) is 0 Å². The van der Waals surface area contributed by atoms with Crippen molar-refractivity contribution < 1.29 is 5.11 Å². The van der Waals surface area contributed by atoms with Gasteiger partial charge in [-0.05, 0) is 50.5 Å². The fourth-order valence-corrected chi connectivity index (χ4v) is 2.85. The Morgan fingerprint density at radius 3 is 2.29 bits per heavy atom. The van der Waals surface area contributed by atoms with Crippen molar-refractivity contribution in [2.75, 3.05) is 6.54 Å². The molecule has 0 saturated heterocycles. The second-order valence-electron chi connectivity index (χ2n) is 6.97. The molecule has 0 aliphatic heterocycles. The van der Waals surface area contributed by atoms with E-state index in [0.29, 0.717) is 11.5 Å². The average Bonchev–Trinajstić information content (AvgIpc) is 2.20. The van der Waals surface area contributed by atoms with Gasteiger partial charge < -0.3 is 10.4 Å². The first-order valence-corrected chi connectivity index (χ1v) is 7.30. The summed E-state index contributed by atoms with van der Waals surface area (Å²) in [5, 5.41) is 14.0. The molecule has 102 valence electrons. The first-order chi connectivity index (χ1) is 7.85. The Morgan fingerprint density at radius 1 is 1.24 bits per heavy atom. The van der Waals surface area contributed by atoms with Crippen LogP contribution in [-0.4, -0.2) is 23.3 Å². The molecule has 0 heterocycles. The Balaban J connectivity index is 2.25. The van der Waals surface area contributed by atoms with Crippen molar-refractivity contribution in [2.45, 2.75) is 84.3 Å². The highest BCUT2D eigenvalue weighted by Gasteiger charge is 2.32. The number of hydrogen-bond acceptors (Lipinski definition) is 2. The van der Waals surface area contributed by atoms with E-state index in [-0.39, 0.29) is 5.60 Å². The summed E-state index contributed by atoms with van der Waals surface area (Å²) in [6.07, 6.45) is 7.60. The van der Waals surface area contributed by atoms with Gasteiger partial charge in [0.2, 0.25) is 0 Å². The summed E-state index contributed by atoms with van der Waals surface area (Å²) in [6, 6.07) is 0.642. The maximum Gasteiger partial charge on any atom is 0.0649 e. The fraction of sp³-hybridized carbons (Fsp3) is 1.00. The third-order valence-corrected chi connectivity index (χ3v) is 3.98. The molecular weight excluding hydrogens is 210 g/mol. The zero-order valence-corrected chi connectivity index (χ0v) is 12.2. The highest BCUT2D eigenvalue weighted by atomic mass is 16.3. The van der Waals surface area contributed by atoms with Crippen LogP contribution in [0.2, 0.25) is 0 Å². The topological polar surface area (TPSA) is 32.3 Å². The average molecular weight is 241 g/mol. The van der Waals surface area contributed by atoms with E-state index in [9.17, 15) is 5.11 Å². The first kappa shape index (κ1) is 15.0. The molecule has 1 aliphatic rings. The predicted molar refractivity (Wildman–Crippen MR) is 74.2 cm³/mol. The minimum Gasteiger partial charge on any atom is -0.390 e. The molecule has 0 aromatic carbocycles. The van der Waals surface area contributed by atoms with Crippen LogP contribution in [0.25, 0.3) is 0 Å². The molecule has 0 atom stereocenters. The second kappa shape index (κ2) is 6.19. The van der Waals surface area contributed by atoms with Crippen LogP contribution in [-0.2, 0) is 0 Å². The molecule has 2 heteroatoms. The molecule has 0 unspecified atom stereocenters. The van der Waals surface area contributed by atoms with E-state index in [1.807, 2.05) is 0 Å². The lowest BCUT2D eigenvalue weighted by Crippen LogP contribution is -2.41. The number of hydrogen-bond donors (Lipinski definition) is 2. The van der Waals surface area contributed by atoms with Crippen molar-refractivity contribution in [2.24, 2.45) is 5.41 Å².